The molecule has 2 unspecified atom stereocenters. The Hall–Kier alpha value is -1.44. The van der Waals surface area contributed by atoms with E-state index in [9.17, 15) is 13.2 Å². The molecule has 0 saturated carbocycles. The Balaban J connectivity index is 1.93. The predicted molar refractivity (Wildman–Crippen MR) is 106 cm³/mol. The summed E-state index contributed by atoms with van der Waals surface area (Å²) in [6, 6.07) is 6.21. The highest BCUT2D eigenvalue weighted by Gasteiger charge is 2.21. The zero-order valence-electron chi connectivity index (χ0n) is 16.5. The van der Waals surface area contributed by atoms with Gasteiger partial charge in [0, 0.05) is 24.8 Å². The van der Waals surface area contributed by atoms with Gasteiger partial charge in [0.25, 0.3) is 5.91 Å². The molecule has 7 heteroatoms. The van der Waals surface area contributed by atoms with Crippen molar-refractivity contribution >= 4 is 15.9 Å². The van der Waals surface area contributed by atoms with Crippen LogP contribution in [-0.4, -0.2) is 39.6 Å². The number of sulfonamides is 1. The Morgan fingerprint density at radius 1 is 1.26 bits per heavy atom. The van der Waals surface area contributed by atoms with Crippen LogP contribution in [0.15, 0.2) is 29.2 Å². The van der Waals surface area contributed by atoms with Gasteiger partial charge < -0.3 is 10.1 Å². The molecule has 1 aliphatic rings. The minimum atomic E-state index is -3.67. The Kier molecular flexibility index (Phi) is 8.26. The van der Waals surface area contributed by atoms with Gasteiger partial charge in [-0.2, -0.15) is 0 Å². The zero-order valence-corrected chi connectivity index (χ0v) is 17.3. The van der Waals surface area contributed by atoms with Gasteiger partial charge in [0.05, 0.1) is 11.0 Å². The molecule has 1 saturated heterocycles. The molecule has 1 heterocycles. The second kappa shape index (κ2) is 10.2. The molecule has 1 amide bonds. The number of rotatable bonds is 10. The van der Waals surface area contributed by atoms with Crippen LogP contribution in [0, 0.1) is 5.92 Å². The number of hydrogen-bond donors (Lipinski definition) is 2. The topological polar surface area (TPSA) is 84.5 Å². The first-order valence-electron chi connectivity index (χ1n) is 9.80. The summed E-state index contributed by atoms with van der Waals surface area (Å²) in [5.74, 6) is 0.403. The van der Waals surface area contributed by atoms with Gasteiger partial charge in [0.15, 0.2) is 0 Å². The summed E-state index contributed by atoms with van der Waals surface area (Å²) in [5.41, 5.74) is 0.353. The summed E-state index contributed by atoms with van der Waals surface area (Å²) in [6.07, 6.45) is 4.84. The van der Waals surface area contributed by atoms with Gasteiger partial charge >= 0.3 is 0 Å². The molecule has 1 aromatic carbocycles. The average Bonchev–Trinajstić information content (AvgIpc) is 3.13. The van der Waals surface area contributed by atoms with Crippen molar-refractivity contribution in [2.75, 3.05) is 13.2 Å². The molecular formula is C20H32N2O4S. The maximum absolute atomic E-state index is 12.5. The molecule has 0 radical (unpaired) electrons. The number of carbonyl (C=O) groups excluding carboxylic acids is 1. The number of ether oxygens (including phenoxy) is 1. The van der Waals surface area contributed by atoms with Crippen molar-refractivity contribution in [3.05, 3.63) is 29.8 Å². The molecule has 0 bridgehead atoms. The molecule has 1 fully saturated rings. The Bertz CT molecular complexity index is 712. The first-order chi connectivity index (χ1) is 12.8. The van der Waals surface area contributed by atoms with E-state index in [1.165, 1.54) is 12.1 Å². The smallest absolute Gasteiger partial charge is 0.251 e. The third-order valence-electron chi connectivity index (χ3n) is 4.73. The minimum absolute atomic E-state index is 0.0501. The van der Waals surface area contributed by atoms with E-state index in [1.807, 2.05) is 6.92 Å². The fraction of sp³-hybridized carbons (Fsp3) is 0.650. The number of carbonyl (C=O) groups is 1. The Morgan fingerprint density at radius 2 is 2.04 bits per heavy atom. The highest BCUT2D eigenvalue weighted by atomic mass is 32.2. The van der Waals surface area contributed by atoms with Crippen LogP contribution in [0.4, 0.5) is 0 Å². The Morgan fingerprint density at radius 3 is 2.70 bits per heavy atom. The summed E-state index contributed by atoms with van der Waals surface area (Å²) < 4.78 is 33.0. The van der Waals surface area contributed by atoms with E-state index < -0.39 is 10.0 Å². The lowest BCUT2D eigenvalue weighted by Gasteiger charge is -2.15. The van der Waals surface area contributed by atoms with Crippen LogP contribution in [0.25, 0.3) is 0 Å². The SMILES string of the molecule is CC(C)CCCC(C)NC(=O)c1cccc(S(=O)(=O)NCC2CCCO2)c1. The summed E-state index contributed by atoms with van der Waals surface area (Å²) >= 11 is 0. The molecule has 27 heavy (non-hydrogen) atoms. The van der Waals surface area contributed by atoms with Crippen molar-refractivity contribution in [3.63, 3.8) is 0 Å². The summed E-state index contributed by atoms with van der Waals surface area (Å²) in [7, 11) is -3.67. The molecule has 1 aliphatic heterocycles. The van der Waals surface area contributed by atoms with Crippen molar-refractivity contribution in [1.82, 2.24) is 10.0 Å². The van der Waals surface area contributed by atoms with Crippen molar-refractivity contribution in [2.24, 2.45) is 5.92 Å². The van der Waals surface area contributed by atoms with Crippen LogP contribution in [0.2, 0.25) is 0 Å². The van der Waals surface area contributed by atoms with E-state index in [0.29, 0.717) is 18.1 Å². The van der Waals surface area contributed by atoms with Crippen LogP contribution in [0.3, 0.4) is 0 Å². The maximum Gasteiger partial charge on any atom is 0.251 e. The quantitative estimate of drug-likeness (QED) is 0.636. The Labute approximate surface area is 163 Å². The van der Waals surface area contributed by atoms with Gasteiger partial charge in [-0.1, -0.05) is 32.8 Å². The second-order valence-electron chi connectivity index (χ2n) is 7.71. The molecule has 1 aromatic rings. The van der Waals surface area contributed by atoms with Gasteiger partial charge in [0.1, 0.15) is 0 Å². The standard InChI is InChI=1S/C20H32N2O4S/c1-15(2)7-4-8-16(3)22-20(23)17-9-5-11-19(13-17)27(24,25)21-14-18-10-6-12-26-18/h5,9,11,13,15-16,18,21H,4,6-8,10,12,14H2,1-3H3,(H,22,23). The van der Waals surface area contributed by atoms with Crippen LogP contribution in [0.5, 0.6) is 0 Å². The van der Waals surface area contributed by atoms with E-state index in [-0.39, 0.29) is 29.5 Å². The zero-order chi connectivity index (χ0) is 19.9. The fourth-order valence-corrected chi connectivity index (χ4v) is 4.22. The third kappa shape index (κ3) is 7.24. The van der Waals surface area contributed by atoms with Crippen LogP contribution < -0.4 is 10.0 Å². The van der Waals surface area contributed by atoms with E-state index in [0.717, 1.165) is 32.1 Å². The largest absolute Gasteiger partial charge is 0.377 e. The lowest BCUT2D eigenvalue weighted by Crippen LogP contribution is -2.33. The van der Waals surface area contributed by atoms with Gasteiger partial charge in [0.2, 0.25) is 10.0 Å². The highest BCUT2D eigenvalue weighted by Crippen LogP contribution is 2.15. The number of hydrogen-bond acceptors (Lipinski definition) is 4. The number of nitrogens with one attached hydrogen (secondary N) is 2. The molecule has 2 atom stereocenters. The molecule has 0 aromatic heterocycles. The summed E-state index contributed by atoms with van der Waals surface area (Å²) in [4.78, 5) is 12.5. The molecule has 152 valence electrons. The molecule has 2 rings (SSSR count). The van der Waals surface area contributed by atoms with E-state index in [1.54, 1.807) is 12.1 Å². The van der Waals surface area contributed by atoms with Crippen molar-refractivity contribution in [2.45, 2.75) is 69.9 Å². The molecular weight excluding hydrogens is 364 g/mol. The van der Waals surface area contributed by atoms with Gasteiger partial charge in [-0.25, -0.2) is 13.1 Å². The molecule has 2 N–H and O–H groups in total. The first kappa shape index (κ1) is 21.9. The number of benzene rings is 1. The minimum Gasteiger partial charge on any atom is -0.377 e. The van der Waals surface area contributed by atoms with Crippen LogP contribution in [-0.2, 0) is 14.8 Å². The summed E-state index contributed by atoms with van der Waals surface area (Å²) in [5, 5.41) is 2.95. The lowest BCUT2D eigenvalue weighted by molar-refractivity contribution is 0.0937. The van der Waals surface area contributed by atoms with Gasteiger partial charge in [-0.05, 0) is 50.3 Å². The highest BCUT2D eigenvalue weighted by molar-refractivity contribution is 7.89. The number of amides is 1. The predicted octanol–water partition coefficient (Wildman–Crippen LogP) is 3.09. The first-order valence-corrected chi connectivity index (χ1v) is 11.3. The van der Waals surface area contributed by atoms with Crippen LogP contribution >= 0.6 is 0 Å². The third-order valence-corrected chi connectivity index (χ3v) is 6.15. The van der Waals surface area contributed by atoms with Crippen molar-refractivity contribution in [1.29, 1.82) is 0 Å². The summed E-state index contributed by atoms with van der Waals surface area (Å²) in [6.45, 7) is 7.27. The van der Waals surface area contributed by atoms with Crippen molar-refractivity contribution in [3.8, 4) is 0 Å². The molecule has 0 aliphatic carbocycles. The molecule has 6 nitrogen and oxygen atoms in total. The van der Waals surface area contributed by atoms with E-state index in [4.69, 9.17) is 4.74 Å². The van der Waals surface area contributed by atoms with E-state index in [2.05, 4.69) is 23.9 Å². The normalized spacial score (nSPS) is 18.6. The van der Waals surface area contributed by atoms with Gasteiger partial charge in [-0.3, -0.25) is 4.79 Å². The molecule has 0 spiro atoms. The maximum atomic E-state index is 12.5. The lowest BCUT2D eigenvalue weighted by atomic mass is 10.0. The fourth-order valence-electron chi connectivity index (χ4n) is 3.11. The van der Waals surface area contributed by atoms with Gasteiger partial charge in [-0.15, -0.1) is 0 Å². The average molecular weight is 397 g/mol. The van der Waals surface area contributed by atoms with Crippen molar-refractivity contribution < 1.29 is 17.9 Å². The monoisotopic (exact) mass is 396 g/mol. The van der Waals surface area contributed by atoms with E-state index >= 15 is 0 Å². The second-order valence-corrected chi connectivity index (χ2v) is 9.48. The van der Waals surface area contributed by atoms with Crippen LogP contribution in [0.1, 0.15) is 63.2 Å².